The van der Waals surface area contributed by atoms with Crippen molar-refractivity contribution in [3.05, 3.63) is 29.8 Å². The highest BCUT2D eigenvalue weighted by molar-refractivity contribution is 8.00. The lowest BCUT2D eigenvalue weighted by Crippen LogP contribution is -2.43. The van der Waals surface area contributed by atoms with Gasteiger partial charge in [0.05, 0.1) is 5.92 Å². The molecule has 3 fully saturated rings. The van der Waals surface area contributed by atoms with Crippen LogP contribution in [0.1, 0.15) is 37.7 Å². The second-order valence-electron chi connectivity index (χ2n) is 7.64. The minimum atomic E-state index is -0.103. The Labute approximate surface area is 153 Å². The van der Waals surface area contributed by atoms with Crippen molar-refractivity contribution < 1.29 is 9.59 Å². The average Bonchev–Trinajstić information content (AvgIpc) is 3.37. The van der Waals surface area contributed by atoms with Crippen LogP contribution in [0, 0.1) is 12.8 Å². The highest BCUT2D eigenvalue weighted by atomic mass is 32.2. The number of benzene rings is 1. The van der Waals surface area contributed by atoms with Gasteiger partial charge in [-0.1, -0.05) is 17.7 Å². The zero-order chi connectivity index (χ0) is 17.4. The largest absolute Gasteiger partial charge is 0.342 e. The van der Waals surface area contributed by atoms with Gasteiger partial charge in [-0.2, -0.15) is 0 Å². The Bertz CT molecular complexity index is 665. The molecule has 2 amide bonds. The lowest BCUT2D eigenvalue weighted by Gasteiger charge is -2.33. The van der Waals surface area contributed by atoms with Gasteiger partial charge in [0.1, 0.15) is 0 Å². The SMILES string of the molecule is Cc1cccc(SC2CCN(C(=O)[C@H]3CC(=O)N(C4CC4)C3)CC2)c1. The van der Waals surface area contributed by atoms with Crippen LogP contribution in [0.2, 0.25) is 0 Å². The molecule has 134 valence electrons. The number of aryl methyl sites for hydroxylation is 1. The smallest absolute Gasteiger partial charge is 0.227 e. The van der Waals surface area contributed by atoms with Crippen LogP contribution in [0.4, 0.5) is 0 Å². The maximum absolute atomic E-state index is 12.8. The Kier molecular flexibility index (Phi) is 4.76. The van der Waals surface area contributed by atoms with Crippen molar-refractivity contribution in [2.24, 2.45) is 5.92 Å². The first-order valence-electron chi connectivity index (χ1n) is 9.42. The summed E-state index contributed by atoms with van der Waals surface area (Å²) in [4.78, 5) is 30.1. The molecule has 0 bridgehead atoms. The molecule has 1 saturated carbocycles. The van der Waals surface area contributed by atoms with Crippen LogP contribution in [0.3, 0.4) is 0 Å². The molecule has 0 unspecified atom stereocenters. The number of nitrogens with zero attached hydrogens (tertiary/aromatic N) is 2. The van der Waals surface area contributed by atoms with E-state index in [2.05, 4.69) is 31.2 Å². The number of amides is 2. The monoisotopic (exact) mass is 358 g/mol. The van der Waals surface area contributed by atoms with Crippen LogP contribution in [0.25, 0.3) is 0 Å². The summed E-state index contributed by atoms with van der Waals surface area (Å²) in [6.07, 6.45) is 4.74. The van der Waals surface area contributed by atoms with Crippen molar-refractivity contribution in [3.63, 3.8) is 0 Å². The fourth-order valence-corrected chi connectivity index (χ4v) is 5.21. The molecule has 25 heavy (non-hydrogen) atoms. The minimum absolute atomic E-state index is 0.103. The first-order valence-corrected chi connectivity index (χ1v) is 10.3. The van der Waals surface area contributed by atoms with Gasteiger partial charge in [-0.25, -0.2) is 0 Å². The van der Waals surface area contributed by atoms with Gasteiger partial charge in [-0.05, 0) is 44.7 Å². The van der Waals surface area contributed by atoms with Crippen molar-refractivity contribution in [2.45, 2.75) is 55.2 Å². The van der Waals surface area contributed by atoms with Crippen LogP contribution in [-0.4, -0.2) is 52.5 Å². The van der Waals surface area contributed by atoms with E-state index in [0.717, 1.165) is 38.8 Å². The van der Waals surface area contributed by atoms with E-state index >= 15 is 0 Å². The van der Waals surface area contributed by atoms with Gasteiger partial charge in [0, 0.05) is 42.2 Å². The molecule has 3 aliphatic rings. The lowest BCUT2D eigenvalue weighted by atomic mass is 10.0. The Morgan fingerprint density at radius 2 is 1.92 bits per heavy atom. The lowest BCUT2D eigenvalue weighted by molar-refractivity contribution is -0.136. The highest BCUT2D eigenvalue weighted by Gasteiger charge is 2.43. The maximum atomic E-state index is 12.8. The van der Waals surface area contributed by atoms with E-state index in [1.54, 1.807) is 0 Å². The third kappa shape index (κ3) is 3.86. The Hall–Kier alpha value is -1.49. The van der Waals surface area contributed by atoms with Crippen LogP contribution in [-0.2, 0) is 9.59 Å². The molecule has 1 aromatic carbocycles. The van der Waals surface area contributed by atoms with E-state index in [-0.39, 0.29) is 17.7 Å². The number of likely N-dealkylation sites (tertiary alicyclic amines) is 2. The molecule has 0 radical (unpaired) electrons. The Morgan fingerprint density at radius 3 is 2.60 bits per heavy atom. The standard InChI is InChI=1S/C20H26N2O2S/c1-14-3-2-4-18(11-14)25-17-7-9-21(10-8-17)20(24)15-12-19(23)22(13-15)16-5-6-16/h2-4,11,15-17H,5-10,12-13H2,1H3/t15-/m0/s1. The number of carbonyl (C=O) groups is 2. The first kappa shape index (κ1) is 17.0. The van der Waals surface area contributed by atoms with Crippen molar-refractivity contribution in [2.75, 3.05) is 19.6 Å². The summed E-state index contributed by atoms with van der Waals surface area (Å²) >= 11 is 1.94. The number of piperidine rings is 1. The van der Waals surface area contributed by atoms with Crippen molar-refractivity contribution in [3.8, 4) is 0 Å². The topological polar surface area (TPSA) is 40.6 Å². The summed E-state index contributed by atoms with van der Waals surface area (Å²) in [5, 5.41) is 0.582. The summed E-state index contributed by atoms with van der Waals surface area (Å²) in [5.74, 6) is 0.287. The van der Waals surface area contributed by atoms with Crippen LogP contribution in [0.15, 0.2) is 29.2 Å². The average molecular weight is 359 g/mol. The van der Waals surface area contributed by atoms with E-state index in [0.29, 0.717) is 24.3 Å². The molecule has 4 rings (SSSR count). The van der Waals surface area contributed by atoms with E-state index in [4.69, 9.17) is 0 Å². The summed E-state index contributed by atoms with van der Waals surface area (Å²) in [6.45, 7) is 4.44. The van der Waals surface area contributed by atoms with Gasteiger partial charge >= 0.3 is 0 Å². The second kappa shape index (κ2) is 7.02. The molecule has 2 saturated heterocycles. The normalized spacial score (nSPS) is 24.8. The quantitative estimate of drug-likeness (QED) is 0.830. The molecule has 0 N–H and O–H groups in total. The van der Waals surface area contributed by atoms with Crippen LogP contribution in [0.5, 0.6) is 0 Å². The van der Waals surface area contributed by atoms with Crippen molar-refractivity contribution >= 4 is 23.6 Å². The van der Waals surface area contributed by atoms with Crippen molar-refractivity contribution in [1.82, 2.24) is 9.80 Å². The second-order valence-corrected chi connectivity index (χ2v) is 9.01. The van der Waals surface area contributed by atoms with E-state index < -0.39 is 0 Å². The van der Waals surface area contributed by atoms with Gasteiger partial charge in [0.15, 0.2) is 0 Å². The molecule has 2 heterocycles. The predicted octanol–water partition coefficient (Wildman–Crippen LogP) is 3.09. The van der Waals surface area contributed by atoms with Crippen molar-refractivity contribution in [1.29, 1.82) is 0 Å². The number of hydrogen-bond donors (Lipinski definition) is 0. The van der Waals surface area contributed by atoms with E-state index in [1.165, 1.54) is 10.5 Å². The van der Waals surface area contributed by atoms with E-state index in [9.17, 15) is 9.59 Å². The molecule has 5 heteroatoms. The minimum Gasteiger partial charge on any atom is -0.342 e. The molecule has 0 aromatic heterocycles. The third-order valence-electron chi connectivity index (χ3n) is 5.54. The third-order valence-corrected chi connectivity index (χ3v) is 6.87. The predicted molar refractivity (Wildman–Crippen MR) is 99.5 cm³/mol. The van der Waals surface area contributed by atoms with Crippen LogP contribution < -0.4 is 0 Å². The van der Waals surface area contributed by atoms with Gasteiger partial charge < -0.3 is 9.80 Å². The van der Waals surface area contributed by atoms with Gasteiger partial charge in [-0.15, -0.1) is 11.8 Å². The summed E-state index contributed by atoms with van der Waals surface area (Å²) in [6, 6.07) is 9.07. The first-order chi connectivity index (χ1) is 12.1. The zero-order valence-corrected chi connectivity index (χ0v) is 15.6. The molecule has 4 nitrogen and oxygen atoms in total. The molecule has 1 aliphatic carbocycles. The maximum Gasteiger partial charge on any atom is 0.227 e. The summed E-state index contributed by atoms with van der Waals surface area (Å²) in [7, 11) is 0. The fourth-order valence-electron chi connectivity index (χ4n) is 3.97. The summed E-state index contributed by atoms with van der Waals surface area (Å²) < 4.78 is 0. The molecule has 0 spiro atoms. The fraction of sp³-hybridized carbons (Fsp3) is 0.600. The number of carbonyl (C=O) groups excluding carboxylic acids is 2. The van der Waals surface area contributed by atoms with Gasteiger partial charge in [0.25, 0.3) is 0 Å². The zero-order valence-electron chi connectivity index (χ0n) is 14.8. The Balaban J connectivity index is 1.28. The van der Waals surface area contributed by atoms with E-state index in [1.807, 2.05) is 21.6 Å². The van der Waals surface area contributed by atoms with Crippen LogP contribution >= 0.6 is 11.8 Å². The molecule has 1 atom stereocenters. The molecular weight excluding hydrogens is 332 g/mol. The molecule has 2 aliphatic heterocycles. The van der Waals surface area contributed by atoms with Gasteiger partial charge in [0.2, 0.25) is 11.8 Å². The highest BCUT2D eigenvalue weighted by Crippen LogP contribution is 2.35. The molecule has 1 aromatic rings. The number of rotatable bonds is 4. The van der Waals surface area contributed by atoms with Gasteiger partial charge in [-0.3, -0.25) is 9.59 Å². The summed E-state index contributed by atoms with van der Waals surface area (Å²) in [5.41, 5.74) is 1.30. The number of hydrogen-bond acceptors (Lipinski definition) is 3. The number of thioether (sulfide) groups is 1. The Morgan fingerprint density at radius 1 is 1.16 bits per heavy atom. The molecular formula is C20H26N2O2S.